The van der Waals surface area contributed by atoms with Crippen LogP contribution in [-0.2, 0) is 12.1 Å². The SMILES string of the molecule is COc1ccccc1CN1C[C@@H]2CC[C@@](O)(c3ncccc3C)[C@@H]2C1. The van der Waals surface area contributed by atoms with E-state index in [1.54, 1.807) is 13.3 Å². The van der Waals surface area contributed by atoms with E-state index in [4.69, 9.17) is 4.74 Å². The van der Waals surface area contributed by atoms with Crippen LogP contribution in [0.15, 0.2) is 42.6 Å². The van der Waals surface area contributed by atoms with Gasteiger partial charge in [0.25, 0.3) is 0 Å². The Morgan fingerprint density at radius 3 is 2.88 bits per heavy atom. The highest BCUT2D eigenvalue weighted by molar-refractivity contribution is 5.33. The first-order valence-corrected chi connectivity index (χ1v) is 9.10. The zero-order chi connectivity index (χ0) is 17.4. The molecular formula is C21H26N2O2. The molecule has 4 heteroatoms. The Morgan fingerprint density at radius 1 is 1.24 bits per heavy atom. The second kappa shape index (κ2) is 6.43. The van der Waals surface area contributed by atoms with Crippen LogP contribution in [0.1, 0.15) is 29.7 Å². The summed E-state index contributed by atoms with van der Waals surface area (Å²) in [4.78, 5) is 6.99. The van der Waals surface area contributed by atoms with E-state index in [1.807, 2.05) is 18.2 Å². The van der Waals surface area contributed by atoms with Gasteiger partial charge < -0.3 is 9.84 Å². The Hall–Kier alpha value is -1.91. The average molecular weight is 338 g/mol. The molecular weight excluding hydrogens is 312 g/mol. The Labute approximate surface area is 149 Å². The van der Waals surface area contributed by atoms with Gasteiger partial charge in [-0.2, -0.15) is 0 Å². The average Bonchev–Trinajstić information content (AvgIpc) is 3.16. The van der Waals surface area contributed by atoms with Crippen LogP contribution >= 0.6 is 0 Å². The molecule has 1 aromatic carbocycles. The lowest BCUT2D eigenvalue weighted by Crippen LogP contribution is -2.36. The van der Waals surface area contributed by atoms with Crippen molar-refractivity contribution in [2.45, 2.75) is 31.9 Å². The third-order valence-corrected chi connectivity index (χ3v) is 6.03. The fourth-order valence-electron chi connectivity index (χ4n) is 4.82. The van der Waals surface area contributed by atoms with Crippen molar-refractivity contribution in [3.05, 3.63) is 59.4 Å². The molecule has 0 amide bonds. The van der Waals surface area contributed by atoms with E-state index in [1.165, 1.54) is 5.56 Å². The predicted octanol–water partition coefficient (Wildman–Crippen LogP) is 3.13. The van der Waals surface area contributed by atoms with Gasteiger partial charge in [0.1, 0.15) is 11.4 Å². The number of benzene rings is 1. The summed E-state index contributed by atoms with van der Waals surface area (Å²) in [5.41, 5.74) is 2.39. The van der Waals surface area contributed by atoms with E-state index >= 15 is 0 Å². The number of aryl methyl sites for hydroxylation is 1. The summed E-state index contributed by atoms with van der Waals surface area (Å²) in [6.45, 7) is 4.87. The molecule has 25 heavy (non-hydrogen) atoms. The number of likely N-dealkylation sites (tertiary alicyclic amines) is 1. The minimum atomic E-state index is -0.786. The molecule has 0 bridgehead atoms. The Balaban J connectivity index is 1.55. The molecule has 3 atom stereocenters. The van der Waals surface area contributed by atoms with Crippen molar-refractivity contribution in [3.63, 3.8) is 0 Å². The van der Waals surface area contributed by atoms with Crippen LogP contribution in [0.4, 0.5) is 0 Å². The van der Waals surface area contributed by atoms with Gasteiger partial charge in [-0.25, -0.2) is 0 Å². The molecule has 1 N–H and O–H groups in total. The van der Waals surface area contributed by atoms with Gasteiger partial charge in [-0.1, -0.05) is 24.3 Å². The largest absolute Gasteiger partial charge is 0.496 e. The van der Waals surface area contributed by atoms with Crippen LogP contribution in [0, 0.1) is 18.8 Å². The molecule has 2 aromatic rings. The monoisotopic (exact) mass is 338 g/mol. The lowest BCUT2D eigenvalue weighted by Gasteiger charge is -2.31. The summed E-state index contributed by atoms with van der Waals surface area (Å²) in [5.74, 6) is 1.74. The van der Waals surface area contributed by atoms with Crippen LogP contribution in [0.2, 0.25) is 0 Å². The highest BCUT2D eigenvalue weighted by Gasteiger charge is 2.53. The molecule has 1 aliphatic carbocycles. The quantitative estimate of drug-likeness (QED) is 0.930. The molecule has 4 rings (SSSR count). The van der Waals surface area contributed by atoms with Gasteiger partial charge in [0.15, 0.2) is 0 Å². The maximum absolute atomic E-state index is 11.5. The van der Waals surface area contributed by atoms with Crippen LogP contribution in [0.25, 0.3) is 0 Å². The van der Waals surface area contributed by atoms with Gasteiger partial charge in [-0.15, -0.1) is 0 Å². The first-order valence-electron chi connectivity index (χ1n) is 9.10. The number of para-hydroxylation sites is 1. The molecule has 4 nitrogen and oxygen atoms in total. The maximum Gasteiger partial charge on any atom is 0.123 e. The molecule has 1 aromatic heterocycles. The van der Waals surface area contributed by atoms with Crippen molar-refractivity contribution in [3.8, 4) is 5.75 Å². The van der Waals surface area contributed by atoms with Gasteiger partial charge in [0.2, 0.25) is 0 Å². The summed E-state index contributed by atoms with van der Waals surface area (Å²) in [5, 5.41) is 11.5. The molecule has 1 aliphatic heterocycles. The molecule has 2 heterocycles. The molecule has 1 saturated heterocycles. The smallest absolute Gasteiger partial charge is 0.123 e. The second-order valence-corrected chi connectivity index (χ2v) is 7.50. The predicted molar refractivity (Wildman–Crippen MR) is 97.4 cm³/mol. The number of aliphatic hydroxyl groups is 1. The summed E-state index contributed by atoms with van der Waals surface area (Å²) in [7, 11) is 1.72. The molecule has 1 saturated carbocycles. The minimum absolute atomic E-state index is 0.260. The summed E-state index contributed by atoms with van der Waals surface area (Å²) >= 11 is 0. The normalized spacial score (nSPS) is 28.9. The number of ether oxygens (including phenoxy) is 1. The van der Waals surface area contributed by atoms with E-state index in [0.29, 0.717) is 5.92 Å². The summed E-state index contributed by atoms with van der Waals surface area (Å²) < 4.78 is 5.49. The van der Waals surface area contributed by atoms with Crippen LogP contribution in [-0.4, -0.2) is 35.2 Å². The fraction of sp³-hybridized carbons (Fsp3) is 0.476. The molecule has 2 fully saturated rings. The van der Waals surface area contributed by atoms with E-state index in [2.05, 4.69) is 35.0 Å². The number of fused-ring (bicyclic) bond motifs is 1. The lowest BCUT2D eigenvalue weighted by atomic mass is 9.83. The summed E-state index contributed by atoms with van der Waals surface area (Å²) in [6, 6.07) is 12.2. The summed E-state index contributed by atoms with van der Waals surface area (Å²) in [6.07, 6.45) is 3.69. The number of hydrogen-bond acceptors (Lipinski definition) is 4. The van der Waals surface area contributed by atoms with E-state index in [0.717, 1.165) is 49.5 Å². The number of pyridine rings is 1. The lowest BCUT2D eigenvalue weighted by molar-refractivity contribution is -0.0114. The molecule has 132 valence electrons. The molecule has 0 radical (unpaired) electrons. The zero-order valence-corrected chi connectivity index (χ0v) is 15.0. The number of nitrogens with zero attached hydrogens (tertiary/aromatic N) is 2. The van der Waals surface area contributed by atoms with Crippen molar-refractivity contribution in [2.75, 3.05) is 20.2 Å². The highest BCUT2D eigenvalue weighted by Crippen LogP contribution is 2.50. The van der Waals surface area contributed by atoms with Crippen molar-refractivity contribution >= 4 is 0 Å². The standard InChI is InChI=1S/C21H26N2O2/c1-15-6-5-11-22-20(15)21(24)10-9-16-12-23(14-18(16)21)13-17-7-3-4-8-19(17)25-2/h3-8,11,16,18,24H,9-10,12-14H2,1-2H3/t16-,18+,21-/m0/s1. The van der Waals surface area contributed by atoms with Crippen LogP contribution < -0.4 is 4.74 Å². The van der Waals surface area contributed by atoms with Crippen molar-refractivity contribution in [1.29, 1.82) is 0 Å². The number of methoxy groups -OCH3 is 1. The van der Waals surface area contributed by atoms with Crippen LogP contribution in [0.3, 0.4) is 0 Å². The van der Waals surface area contributed by atoms with Gasteiger partial charge in [-0.05, 0) is 43.4 Å². The van der Waals surface area contributed by atoms with Gasteiger partial charge in [-0.3, -0.25) is 9.88 Å². The first-order chi connectivity index (χ1) is 12.1. The zero-order valence-electron chi connectivity index (χ0n) is 15.0. The van der Waals surface area contributed by atoms with Gasteiger partial charge in [0.05, 0.1) is 12.8 Å². The first kappa shape index (κ1) is 16.6. The Morgan fingerprint density at radius 2 is 2.08 bits per heavy atom. The fourth-order valence-corrected chi connectivity index (χ4v) is 4.82. The number of hydrogen-bond donors (Lipinski definition) is 1. The van der Waals surface area contributed by atoms with E-state index in [-0.39, 0.29) is 5.92 Å². The molecule has 0 unspecified atom stereocenters. The number of aromatic nitrogens is 1. The highest BCUT2D eigenvalue weighted by atomic mass is 16.5. The third kappa shape index (κ3) is 2.83. The number of rotatable bonds is 4. The van der Waals surface area contributed by atoms with Crippen molar-refractivity contribution in [1.82, 2.24) is 9.88 Å². The van der Waals surface area contributed by atoms with E-state index in [9.17, 15) is 5.11 Å². The molecule has 2 aliphatic rings. The minimum Gasteiger partial charge on any atom is -0.496 e. The van der Waals surface area contributed by atoms with Gasteiger partial charge in [0, 0.05) is 37.3 Å². The van der Waals surface area contributed by atoms with Crippen LogP contribution in [0.5, 0.6) is 5.75 Å². The maximum atomic E-state index is 11.5. The van der Waals surface area contributed by atoms with Crippen molar-refractivity contribution < 1.29 is 9.84 Å². The third-order valence-electron chi connectivity index (χ3n) is 6.03. The van der Waals surface area contributed by atoms with E-state index < -0.39 is 5.60 Å². The second-order valence-electron chi connectivity index (χ2n) is 7.50. The molecule has 0 spiro atoms. The van der Waals surface area contributed by atoms with Gasteiger partial charge >= 0.3 is 0 Å². The Bertz CT molecular complexity index is 763. The topological polar surface area (TPSA) is 45.6 Å². The van der Waals surface area contributed by atoms with Crippen molar-refractivity contribution in [2.24, 2.45) is 11.8 Å². The Kier molecular flexibility index (Phi) is 4.26.